The van der Waals surface area contributed by atoms with Gasteiger partial charge in [0.25, 0.3) is 11.7 Å². The Balaban J connectivity index is 1.72. The first kappa shape index (κ1) is 21.2. The molecule has 0 radical (unpaired) electrons. The molecule has 0 bridgehead atoms. The highest BCUT2D eigenvalue weighted by atomic mass is 19.1. The average Bonchev–Trinajstić information content (AvgIpc) is 3.04. The molecule has 1 atom stereocenters. The van der Waals surface area contributed by atoms with Gasteiger partial charge in [-0.2, -0.15) is 0 Å². The van der Waals surface area contributed by atoms with Gasteiger partial charge in [-0.1, -0.05) is 42.0 Å². The molecule has 2 aromatic carbocycles. The first-order chi connectivity index (χ1) is 15.0. The van der Waals surface area contributed by atoms with E-state index in [9.17, 15) is 19.1 Å². The van der Waals surface area contributed by atoms with Crippen LogP contribution in [0.1, 0.15) is 22.7 Å². The Morgan fingerprint density at radius 2 is 1.68 bits per heavy atom. The van der Waals surface area contributed by atoms with Crippen LogP contribution in [0.2, 0.25) is 0 Å². The molecule has 0 spiro atoms. The molecule has 2 aliphatic heterocycles. The fourth-order valence-electron chi connectivity index (χ4n) is 4.04. The number of hydrogen-bond donors (Lipinski definition) is 1. The molecule has 0 aromatic heterocycles. The van der Waals surface area contributed by atoms with Gasteiger partial charge in [0.15, 0.2) is 0 Å². The van der Waals surface area contributed by atoms with Crippen molar-refractivity contribution in [2.45, 2.75) is 13.0 Å². The van der Waals surface area contributed by atoms with E-state index in [2.05, 4.69) is 4.90 Å². The van der Waals surface area contributed by atoms with E-state index in [0.717, 1.165) is 18.7 Å². The lowest BCUT2D eigenvalue weighted by Gasteiger charge is -2.31. The molecule has 2 aliphatic rings. The van der Waals surface area contributed by atoms with Crippen molar-refractivity contribution in [2.24, 2.45) is 0 Å². The second-order valence-electron chi connectivity index (χ2n) is 7.86. The molecule has 31 heavy (non-hydrogen) atoms. The van der Waals surface area contributed by atoms with Gasteiger partial charge >= 0.3 is 0 Å². The lowest BCUT2D eigenvalue weighted by molar-refractivity contribution is -0.140. The second kappa shape index (κ2) is 8.99. The van der Waals surface area contributed by atoms with Crippen molar-refractivity contribution in [1.29, 1.82) is 0 Å². The summed E-state index contributed by atoms with van der Waals surface area (Å²) in [5, 5.41) is 11.0. The van der Waals surface area contributed by atoms with Crippen molar-refractivity contribution < 1.29 is 23.8 Å². The summed E-state index contributed by atoms with van der Waals surface area (Å²) in [6, 6.07) is 12.0. The van der Waals surface area contributed by atoms with Gasteiger partial charge in [-0.05, 0) is 24.6 Å². The van der Waals surface area contributed by atoms with Gasteiger partial charge < -0.3 is 14.7 Å². The number of benzene rings is 2. The fourth-order valence-corrected chi connectivity index (χ4v) is 4.04. The van der Waals surface area contributed by atoms with Gasteiger partial charge in [0.1, 0.15) is 11.6 Å². The van der Waals surface area contributed by atoms with Crippen molar-refractivity contribution in [3.63, 3.8) is 0 Å². The van der Waals surface area contributed by atoms with Gasteiger partial charge in [0, 0.05) is 31.7 Å². The Labute approximate surface area is 180 Å². The van der Waals surface area contributed by atoms with Crippen LogP contribution in [0, 0.1) is 12.7 Å². The van der Waals surface area contributed by atoms with Crippen LogP contribution in [0.4, 0.5) is 4.39 Å². The van der Waals surface area contributed by atoms with Gasteiger partial charge in [-0.25, -0.2) is 4.39 Å². The van der Waals surface area contributed by atoms with Crippen LogP contribution >= 0.6 is 0 Å². The Morgan fingerprint density at radius 3 is 2.32 bits per heavy atom. The molecule has 2 saturated heterocycles. The molecule has 6 nitrogen and oxygen atoms in total. The van der Waals surface area contributed by atoms with E-state index in [1.54, 1.807) is 24.3 Å². The fraction of sp³-hybridized carbons (Fsp3) is 0.333. The molecule has 2 aromatic rings. The van der Waals surface area contributed by atoms with E-state index >= 15 is 0 Å². The summed E-state index contributed by atoms with van der Waals surface area (Å²) in [7, 11) is 0. The van der Waals surface area contributed by atoms with E-state index in [0.29, 0.717) is 37.4 Å². The molecule has 2 fully saturated rings. The average molecular weight is 424 g/mol. The number of morpholine rings is 1. The Hall–Kier alpha value is -3.03. The summed E-state index contributed by atoms with van der Waals surface area (Å²) in [5.41, 5.74) is 2.08. The summed E-state index contributed by atoms with van der Waals surface area (Å²) in [6.07, 6.45) is 0. The van der Waals surface area contributed by atoms with Crippen LogP contribution in [-0.4, -0.2) is 66.0 Å². The van der Waals surface area contributed by atoms with Gasteiger partial charge in [0.05, 0.1) is 24.8 Å². The van der Waals surface area contributed by atoms with E-state index in [4.69, 9.17) is 4.74 Å². The minimum atomic E-state index is -0.775. The minimum Gasteiger partial charge on any atom is -0.507 e. The number of carbonyl (C=O) groups is 2. The molecule has 4 rings (SSSR count). The predicted octanol–water partition coefficient (Wildman–Crippen LogP) is 2.89. The van der Waals surface area contributed by atoms with Crippen LogP contribution in [0.3, 0.4) is 0 Å². The summed E-state index contributed by atoms with van der Waals surface area (Å²) in [6.45, 7) is 5.60. The van der Waals surface area contributed by atoms with E-state index in [1.165, 1.54) is 17.0 Å². The zero-order chi connectivity index (χ0) is 22.0. The van der Waals surface area contributed by atoms with E-state index in [1.807, 2.05) is 19.1 Å². The first-order valence-corrected chi connectivity index (χ1v) is 10.4. The quantitative estimate of drug-likeness (QED) is 0.454. The maximum Gasteiger partial charge on any atom is 0.295 e. The molecule has 0 aliphatic carbocycles. The van der Waals surface area contributed by atoms with Gasteiger partial charge in [-0.3, -0.25) is 14.5 Å². The number of aryl methyl sites for hydroxylation is 1. The van der Waals surface area contributed by atoms with E-state index < -0.39 is 23.5 Å². The Kier molecular flexibility index (Phi) is 6.15. The second-order valence-corrected chi connectivity index (χ2v) is 7.86. The van der Waals surface area contributed by atoms with Crippen molar-refractivity contribution >= 4 is 17.4 Å². The molecule has 0 saturated carbocycles. The maximum absolute atomic E-state index is 13.5. The number of amides is 1. The Morgan fingerprint density at radius 1 is 1.03 bits per heavy atom. The van der Waals surface area contributed by atoms with E-state index in [-0.39, 0.29) is 11.3 Å². The molecule has 162 valence electrons. The zero-order valence-electron chi connectivity index (χ0n) is 17.4. The number of nitrogens with zero attached hydrogens (tertiary/aromatic N) is 2. The molecular weight excluding hydrogens is 399 g/mol. The Bertz CT molecular complexity index is 995. The third-order valence-electron chi connectivity index (χ3n) is 5.81. The lowest BCUT2D eigenvalue weighted by atomic mass is 9.95. The van der Waals surface area contributed by atoms with Crippen molar-refractivity contribution in [1.82, 2.24) is 9.80 Å². The number of ether oxygens (including phenoxy) is 1. The maximum atomic E-state index is 13.5. The topological polar surface area (TPSA) is 70.1 Å². The first-order valence-electron chi connectivity index (χ1n) is 10.4. The number of rotatable bonds is 5. The summed E-state index contributed by atoms with van der Waals surface area (Å²) < 4.78 is 18.9. The summed E-state index contributed by atoms with van der Waals surface area (Å²) in [4.78, 5) is 29.6. The van der Waals surface area contributed by atoms with Crippen molar-refractivity contribution in [2.75, 3.05) is 39.4 Å². The van der Waals surface area contributed by atoms with Crippen molar-refractivity contribution in [3.8, 4) is 0 Å². The number of halogens is 1. The van der Waals surface area contributed by atoms with Crippen molar-refractivity contribution in [3.05, 3.63) is 76.6 Å². The summed E-state index contributed by atoms with van der Waals surface area (Å²) >= 11 is 0. The highest BCUT2D eigenvalue weighted by molar-refractivity contribution is 6.46. The molecular formula is C24H25FN2O4. The van der Waals surface area contributed by atoms with Crippen LogP contribution in [-0.2, 0) is 14.3 Å². The number of aliphatic hydroxyl groups excluding tert-OH is 1. The largest absolute Gasteiger partial charge is 0.507 e. The highest BCUT2D eigenvalue weighted by Gasteiger charge is 2.46. The minimum absolute atomic E-state index is 0.0300. The molecule has 1 amide bonds. The third-order valence-corrected chi connectivity index (χ3v) is 5.81. The van der Waals surface area contributed by atoms with Gasteiger partial charge in [-0.15, -0.1) is 0 Å². The van der Waals surface area contributed by atoms with Crippen LogP contribution in [0.25, 0.3) is 5.76 Å². The number of likely N-dealkylation sites (tertiary alicyclic amines) is 1. The normalized spacial score (nSPS) is 21.6. The van der Waals surface area contributed by atoms with Crippen LogP contribution in [0.5, 0.6) is 0 Å². The highest BCUT2D eigenvalue weighted by Crippen LogP contribution is 2.39. The lowest BCUT2D eigenvalue weighted by Crippen LogP contribution is -2.42. The standard InChI is InChI=1S/C24H25FN2O4/c1-16-2-4-18(5-3-16)22(28)20-21(17-6-8-19(25)9-7-17)27(24(30)23(20)29)11-10-26-12-14-31-15-13-26/h2-9,21,28H,10-15H2,1H3/t21-/m0/s1. The molecule has 2 heterocycles. The number of Topliss-reactive ketones (excluding diaryl/α,β-unsaturated/α-hetero) is 1. The zero-order valence-corrected chi connectivity index (χ0v) is 17.4. The van der Waals surface area contributed by atoms with Gasteiger partial charge in [0.2, 0.25) is 0 Å². The molecule has 1 N–H and O–H groups in total. The third kappa shape index (κ3) is 4.38. The summed E-state index contributed by atoms with van der Waals surface area (Å²) in [5.74, 6) is -2.01. The van der Waals surface area contributed by atoms with Crippen LogP contribution in [0.15, 0.2) is 54.1 Å². The molecule has 0 unspecified atom stereocenters. The predicted molar refractivity (Wildman–Crippen MR) is 114 cm³/mol. The number of hydrogen-bond acceptors (Lipinski definition) is 5. The number of carbonyl (C=O) groups excluding carboxylic acids is 2. The SMILES string of the molecule is Cc1ccc(C(O)=C2C(=O)C(=O)N(CCN3CCOCC3)[C@H]2c2ccc(F)cc2)cc1. The molecule has 7 heteroatoms. The number of aliphatic hydroxyl groups is 1. The monoisotopic (exact) mass is 424 g/mol. The smallest absolute Gasteiger partial charge is 0.295 e. The van der Waals surface area contributed by atoms with Crippen LogP contribution < -0.4 is 0 Å². The number of ketones is 1.